The van der Waals surface area contributed by atoms with Crippen LogP contribution in [0.15, 0.2) is 48.9 Å². The van der Waals surface area contributed by atoms with Gasteiger partial charge in [0, 0.05) is 40.6 Å². The van der Waals surface area contributed by atoms with Crippen molar-refractivity contribution in [2.45, 2.75) is 56.8 Å². The standard InChI is InChI=1S/C24H20F3N5O2.C5H12O4/c1-31(2)18-9-16(20-13(12-33)4-3-5-19(20)34-24(26)27)21-22(18)30-32-7-6-17(29-23(21)32)14-8-15(25)11-28-10-14;1-2-4(6)3-5(7,8)9/h3-8,10-12,16,18,24H,9H2,1-2H3;4,6-9H,2-3H2,1H3. The molecule has 4 N–H and O–H groups in total. The number of ether oxygens (including phenoxy) is 1. The van der Waals surface area contributed by atoms with E-state index in [-0.39, 0.29) is 17.4 Å². The molecular weight excluding hydrogens is 571 g/mol. The van der Waals surface area contributed by atoms with E-state index in [9.17, 15) is 18.0 Å². The SMILES string of the molecule is CCC(O)CC(O)(O)O.CN(C)C1CC(c2c(C=O)cccc2OC(F)F)c2c1nn1ccc(-c3cncc(F)c3)nc21. The van der Waals surface area contributed by atoms with Gasteiger partial charge < -0.3 is 30.1 Å². The Kier molecular flexibility index (Phi) is 9.77. The second kappa shape index (κ2) is 13.1. The predicted molar refractivity (Wildman–Crippen MR) is 148 cm³/mol. The van der Waals surface area contributed by atoms with Crippen molar-refractivity contribution in [3.05, 3.63) is 77.1 Å². The van der Waals surface area contributed by atoms with Gasteiger partial charge in [-0.05, 0) is 45.1 Å². The number of hydrogen-bond donors (Lipinski definition) is 4. The van der Waals surface area contributed by atoms with Gasteiger partial charge in [0.05, 0.1) is 36.2 Å². The van der Waals surface area contributed by atoms with Gasteiger partial charge in [-0.2, -0.15) is 13.9 Å². The molecule has 0 amide bonds. The minimum atomic E-state index is -3.04. The lowest BCUT2D eigenvalue weighted by molar-refractivity contribution is -0.322. The highest BCUT2D eigenvalue weighted by atomic mass is 19.3. The molecule has 5 rings (SSSR count). The molecule has 3 heterocycles. The van der Waals surface area contributed by atoms with Gasteiger partial charge >= 0.3 is 6.61 Å². The number of carbonyl (C=O) groups is 1. The Morgan fingerprint density at radius 3 is 2.51 bits per heavy atom. The second-order valence-corrected chi connectivity index (χ2v) is 10.3. The molecule has 3 unspecified atom stereocenters. The molecule has 0 aliphatic heterocycles. The van der Waals surface area contributed by atoms with Crippen LogP contribution in [-0.4, -0.2) is 84.0 Å². The van der Waals surface area contributed by atoms with Crippen LogP contribution in [0.3, 0.4) is 0 Å². The summed E-state index contributed by atoms with van der Waals surface area (Å²) in [5, 5.41) is 38.2. The fraction of sp³-hybridized carbons (Fsp3) is 0.379. The first-order valence-electron chi connectivity index (χ1n) is 13.4. The zero-order valence-corrected chi connectivity index (χ0v) is 23.6. The van der Waals surface area contributed by atoms with Gasteiger partial charge in [-0.25, -0.2) is 13.9 Å². The molecule has 1 aromatic carbocycles. The molecular formula is C29H32F3N5O6. The molecule has 4 aromatic rings. The van der Waals surface area contributed by atoms with E-state index in [1.54, 1.807) is 29.8 Å². The van der Waals surface area contributed by atoms with Gasteiger partial charge in [-0.3, -0.25) is 9.78 Å². The van der Waals surface area contributed by atoms with E-state index < -0.39 is 36.8 Å². The highest BCUT2D eigenvalue weighted by Crippen LogP contribution is 2.50. The van der Waals surface area contributed by atoms with Crippen LogP contribution in [0, 0.1) is 5.82 Å². The smallest absolute Gasteiger partial charge is 0.387 e. The minimum absolute atomic E-state index is 0.0557. The maximum atomic E-state index is 13.8. The van der Waals surface area contributed by atoms with Gasteiger partial charge in [-0.1, -0.05) is 19.1 Å². The van der Waals surface area contributed by atoms with E-state index in [4.69, 9.17) is 35.2 Å². The van der Waals surface area contributed by atoms with Crippen molar-refractivity contribution in [2.75, 3.05) is 14.1 Å². The molecule has 0 radical (unpaired) electrons. The molecule has 230 valence electrons. The summed E-state index contributed by atoms with van der Waals surface area (Å²) in [5.74, 6) is -3.74. The molecule has 11 nitrogen and oxygen atoms in total. The summed E-state index contributed by atoms with van der Waals surface area (Å²) >= 11 is 0. The Bertz CT molecular complexity index is 1580. The van der Waals surface area contributed by atoms with E-state index in [1.807, 2.05) is 19.0 Å². The fourth-order valence-corrected chi connectivity index (χ4v) is 5.12. The van der Waals surface area contributed by atoms with Crippen LogP contribution < -0.4 is 4.74 Å². The number of aromatic nitrogens is 4. The van der Waals surface area contributed by atoms with E-state index in [1.165, 1.54) is 24.4 Å². The third-order valence-corrected chi connectivity index (χ3v) is 7.07. The maximum Gasteiger partial charge on any atom is 0.387 e. The van der Waals surface area contributed by atoms with Crippen molar-refractivity contribution >= 4 is 11.9 Å². The monoisotopic (exact) mass is 603 g/mol. The zero-order valence-electron chi connectivity index (χ0n) is 23.6. The molecule has 3 aromatic heterocycles. The molecule has 1 aliphatic carbocycles. The molecule has 3 atom stereocenters. The van der Waals surface area contributed by atoms with Gasteiger partial charge in [0.1, 0.15) is 17.9 Å². The van der Waals surface area contributed by atoms with E-state index in [2.05, 4.69) is 4.98 Å². The van der Waals surface area contributed by atoms with Gasteiger partial charge in [0.25, 0.3) is 5.97 Å². The molecule has 0 saturated carbocycles. The number of hydrogen-bond acceptors (Lipinski definition) is 10. The predicted octanol–water partition coefficient (Wildman–Crippen LogP) is 3.26. The number of aliphatic hydroxyl groups excluding tert-OH is 1. The Labute approximate surface area is 244 Å². The second-order valence-electron chi connectivity index (χ2n) is 10.3. The highest BCUT2D eigenvalue weighted by molar-refractivity contribution is 5.80. The number of halogens is 3. The molecule has 0 spiro atoms. The molecule has 0 fully saturated rings. The molecule has 1 aliphatic rings. The molecule has 43 heavy (non-hydrogen) atoms. The van der Waals surface area contributed by atoms with Gasteiger partial charge in [0.2, 0.25) is 0 Å². The van der Waals surface area contributed by atoms with Crippen molar-refractivity contribution in [2.24, 2.45) is 0 Å². The van der Waals surface area contributed by atoms with Crippen molar-refractivity contribution in [1.82, 2.24) is 24.5 Å². The van der Waals surface area contributed by atoms with Crippen LogP contribution in [0.25, 0.3) is 16.9 Å². The number of aliphatic hydroxyl groups is 4. The average molecular weight is 604 g/mol. The van der Waals surface area contributed by atoms with Crippen LogP contribution in [-0.2, 0) is 0 Å². The number of aldehydes is 1. The van der Waals surface area contributed by atoms with Gasteiger partial charge in [-0.15, -0.1) is 0 Å². The molecule has 0 saturated heterocycles. The Balaban J connectivity index is 0.000000410. The highest BCUT2D eigenvalue weighted by Gasteiger charge is 2.41. The Morgan fingerprint density at radius 1 is 1.19 bits per heavy atom. The number of pyridine rings is 1. The first kappa shape index (κ1) is 32.0. The van der Waals surface area contributed by atoms with E-state index >= 15 is 0 Å². The first-order chi connectivity index (χ1) is 20.3. The summed E-state index contributed by atoms with van der Waals surface area (Å²) in [6.45, 7) is -1.36. The average Bonchev–Trinajstić information content (AvgIpc) is 3.49. The van der Waals surface area contributed by atoms with Crippen molar-refractivity contribution in [3.8, 4) is 17.0 Å². The number of nitrogens with zero attached hydrogens (tertiary/aromatic N) is 5. The summed E-state index contributed by atoms with van der Waals surface area (Å²) in [6.07, 6.45) is 4.58. The zero-order chi connectivity index (χ0) is 31.5. The Morgan fingerprint density at radius 2 is 1.93 bits per heavy atom. The summed E-state index contributed by atoms with van der Waals surface area (Å²) in [7, 11) is 3.81. The van der Waals surface area contributed by atoms with Crippen LogP contribution in [0.4, 0.5) is 13.2 Å². The lowest BCUT2D eigenvalue weighted by Crippen LogP contribution is -2.32. The lowest BCUT2D eigenvalue weighted by Gasteiger charge is -2.22. The summed E-state index contributed by atoms with van der Waals surface area (Å²) < 4.78 is 46.6. The van der Waals surface area contributed by atoms with Crippen molar-refractivity contribution in [3.63, 3.8) is 0 Å². The number of benzene rings is 1. The maximum absolute atomic E-state index is 13.8. The fourth-order valence-electron chi connectivity index (χ4n) is 5.12. The van der Waals surface area contributed by atoms with Gasteiger partial charge in [0.15, 0.2) is 5.65 Å². The summed E-state index contributed by atoms with van der Waals surface area (Å²) in [5.41, 5.74) is 3.57. The Hall–Kier alpha value is -3.95. The number of alkyl halides is 2. The topological polar surface area (TPSA) is 154 Å². The number of carbonyl (C=O) groups excluding carboxylic acids is 1. The number of rotatable bonds is 9. The first-order valence-corrected chi connectivity index (χ1v) is 13.4. The normalized spacial score (nSPS) is 17.1. The largest absolute Gasteiger partial charge is 0.434 e. The lowest BCUT2D eigenvalue weighted by atomic mass is 9.89. The third-order valence-electron chi connectivity index (χ3n) is 7.07. The van der Waals surface area contributed by atoms with Crippen LogP contribution in [0.5, 0.6) is 5.75 Å². The number of fused-ring (bicyclic) bond motifs is 3. The van der Waals surface area contributed by atoms with Crippen LogP contribution in [0.1, 0.15) is 65.3 Å². The third kappa shape index (κ3) is 7.35. The van der Waals surface area contributed by atoms with Crippen molar-refractivity contribution < 1.29 is 43.1 Å². The summed E-state index contributed by atoms with van der Waals surface area (Å²) in [4.78, 5) is 22.5. The molecule has 14 heteroatoms. The van der Waals surface area contributed by atoms with E-state index in [0.717, 1.165) is 17.5 Å². The summed E-state index contributed by atoms with van der Waals surface area (Å²) in [6, 6.07) is 7.41. The quantitative estimate of drug-likeness (QED) is 0.166. The van der Waals surface area contributed by atoms with Crippen molar-refractivity contribution in [1.29, 1.82) is 0 Å². The minimum Gasteiger partial charge on any atom is -0.434 e. The van der Waals surface area contributed by atoms with E-state index in [0.29, 0.717) is 41.6 Å². The molecule has 0 bridgehead atoms. The van der Waals surface area contributed by atoms with Crippen LogP contribution in [0.2, 0.25) is 0 Å². The van der Waals surface area contributed by atoms with Crippen LogP contribution >= 0.6 is 0 Å².